The minimum atomic E-state index is -4.88. The third-order valence-electron chi connectivity index (χ3n) is 7.98. The molecule has 0 radical (unpaired) electrons. The molecule has 0 saturated heterocycles. The predicted molar refractivity (Wildman–Crippen MR) is 197 cm³/mol. The Bertz CT molecular complexity index is 2560. The molecule has 0 spiro atoms. The maximum absolute atomic E-state index is 12.9. The topological polar surface area (TPSA) is 266 Å². The molecule has 0 unspecified atom stereocenters. The van der Waals surface area contributed by atoms with Crippen LogP contribution in [-0.2, 0) is 29.8 Å². The molecule has 0 aliphatic heterocycles. The van der Waals surface area contributed by atoms with Crippen LogP contribution in [0.15, 0.2) is 119 Å². The van der Waals surface area contributed by atoms with E-state index in [0.717, 1.165) is 0 Å². The smallest absolute Gasteiger partial charge is 0.314 e. The Hall–Kier alpha value is -6.86. The second kappa shape index (κ2) is 14.3. The van der Waals surface area contributed by atoms with Crippen LogP contribution in [0.2, 0.25) is 0 Å². The molecular weight excluding hydrogens is 745 g/mol. The molecule has 274 valence electrons. The normalized spacial score (nSPS) is 11.5. The molecule has 18 heteroatoms. The average Bonchev–Trinajstić information content (AvgIpc) is 3.11. The van der Waals surface area contributed by atoms with Crippen LogP contribution < -0.4 is 21.3 Å². The number of benzene rings is 6. The lowest BCUT2D eigenvalue weighted by molar-refractivity contribution is -0.132. The first-order chi connectivity index (χ1) is 25.5. The SMILES string of the molecule is O=C(Nc1ccc(C(=O)Nc2cc3ccccc3c(S(=O)(=O)O)c2O)cc1)C(=O)Nc1ccc(C(=O)Nc2cc3ccccc3c(S(=O)(=O)O)c2O)cc1. The first-order valence-electron chi connectivity index (χ1n) is 15.4. The van der Waals surface area contributed by atoms with Crippen molar-refractivity contribution in [3.63, 3.8) is 0 Å². The summed E-state index contributed by atoms with van der Waals surface area (Å²) in [6, 6.07) is 25.1. The lowest BCUT2D eigenvalue weighted by atomic mass is 10.1. The van der Waals surface area contributed by atoms with E-state index < -0.39 is 65.2 Å². The van der Waals surface area contributed by atoms with Crippen molar-refractivity contribution in [2.24, 2.45) is 0 Å². The number of nitrogens with one attached hydrogen (secondary N) is 4. The molecule has 8 N–H and O–H groups in total. The van der Waals surface area contributed by atoms with Gasteiger partial charge in [0, 0.05) is 33.3 Å². The van der Waals surface area contributed by atoms with Gasteiger partial charge in [0.1, 0.15) is 9.79 Å². The van der Waals surface area contributed by atoms with Gasteiger partial charge in [-0.05, 0) is 71.4 Å². The molecule has 6 aromatic rings. The predicted octanol–water partition coefficient (Wildman–Crippen LogP) is 4.98. The Morgan fingerprint density at radius 3 is 1.13 bits per heavy atom. The fraction of sp³-hybridized carbons (Fsp3) is 0. The van der Waals surface area contributed by atoms with Crippen molar-refractivity contribution in [3.8, 4) is 11.5 Å². The van der Waals surface area contributed by atoms with Gasteiger partial charge in [0.2, 0.25) is 0 Å². The summed E-state index contributed by atoms with van der Waals surface area (Å²) in [6.07, 6.45) is 0. The summed E-state index contributed by atoms with van der Waals surface area (Å²) in [6.45, 7) is 0. The fourth-order valence-corrected chi connectivity index (χ4v) is 7.13. The van der Waals surface area contributed by atoms with E-state index in [0.29, 0.717) is 10.8 Å². The van der Waals surface area contributed by atoms with E-state index in [1.807, 2.05) is 0 Å². The van der Waals surface area contributed by atoms with Crippen molar-refractivity contribution in [3.05, 3.63) is 120 Å². The van der Waals surface area contributed by atoms with Crippen LogP contribution in [-0.4, -0.2) is 59.8 Å². The summed E-state index contributed by atoms with van der Waals surface area (Å²) >= 11 is 0. The van der Waals surface area contributed by atoms with Gasteiger partial charge in [0.15, 0.2) is 11.5 Å². The van der Waals surface area contributed by atoms with Gasteiger partial charge < -0.3 is 31.5 Å². The first kappa shape index (κ1) is 36.9. The Morgan fingerprint density at radius 2 is 0.796 bits per heavy atom. The highest BCUT2D eigenvalue weighted by atomic mass is 32.2. The number of rotatable bonds is 8. The zero-order valence-electron chi connectivity index (χ0n) is 27.3. The van der Waals surface area contributed by atoms with Crippen molar-refractivity contribution >= 4 is 88.2 Å². The summed E-state index contributed by atoms with van der Waals surface area (Å²) in [4.78, 5) is 49.5. The number of aromatic hydroxyl groups is 2. The first-order valence-corrected chi connectivity index (χ1v) is 18.3. The number of carbonyl (C=O) groups is 4. The number of phenolic OH excluding ortho intramolecular Hbond substituents is 2. The molecule has 0 atom stereocenters. The highest BCUT2D eigenvalue weighted by Crippen LogP contribution is 2.39. The minimum absolute atomic E-state index is 0.0252. The third-order valence-corrected chi connectivity index (χ3v) is 9.84. The Morgan fingerprint density at radius 1 is 0.463 bits per heavy atom. The van der Waals surface area contributed by atoms with Gasteiger partial charge in [-0.1, -0.05) is 48.5 Å². The van der Waals surface area contributed by atoms with Crippen LogP contribution in [0, 0.1) is 0 Å². The van der Waals surface area contributed by atoms with Gasteiger partial charge in [-0.25, -0.2) is 0 Å². The average molecular weight is 771 g/mol. The number of anilines is 4. The molecule has 0 aromatic heterocycles. The monoisotopic (exact) mass is 770 g/mol. The van der Waals surface area contributed by atoms with E-state index >= 15 is 0 Å². The number of hydrogen-bond acceptors (Lipinski definition) is 10. The van der Waals surface area contributed by atoms with Crippen LogP contribution in [0.5, 0.6) is 11.5 Å². The molecular formula is C36H26N4O12S2. The van der Waals surface area contributed by atoms with Crippen LogP contribution in [0.3, 0.4) is 0 Å². The van der Waals surface area contributed by atoms with E-state index in [4.69, 9.17) is 0 Å². The number of hydrogen-bond donors (Lipinski definition) is 8. The van der Waals surface area contributed by atoms with Gasteiger partial charge in [0.05, 0.1) is 11.4 Å². The van der Waals surface area contributed by atoms with E-state index in [1.165, 1.54) is 97.1 Å². The molecule has 6 rings (SSSR count). The minimum Gasteiger partial charge on any atom is -0.504 e. The number of carbonyl (C=O) groups excluding carboxylic acids is 4. The standard InChI is InChI=1S/C36H26N4O12S2/c41-29-27(17-21-5-1-3-7-25(21)31(29)53(47,48)49)39-33(43)19-9-13-23(14-10-19)37-35(45)36(46)38-24-15-11-20(12-16-24)34(44)40-28-18-22-6-2-4-8-26(22)32(30(28)42)54(50,51)52/h1-18,41-42H,(H,37,45)(H,38,46)(H,39,43)(H,40,44)(H,47,48,49)(H,50,51,52). The summed E-state index contributed by atoms with van der Waals surface area (Å²) < 4.78 is 67.4. The summed E-state index contributed by atoms with van der Waals surface area (Å²) in [5.74, 6) is -5.45. The third kappa shape index (κ3) is 7.66. The van der Waals surface area contributed by atoms with Crippen molar-refractivity contribution < 1.29 is 55.3 Å². The summed E-state index contributed by atoms with van der Waals surface area (Å²) in [5, 5.41) is 31.4. The van der Waals surface area contributed by atoms with Gasteiger partial charge in [0.25, 0.3) is 32.1 Å². The maximum atomic E-state index is 12.9. The molecule has 0 bridgehead atoms. The number of phenols is 2. The summed E-state index contributed by atoms with van der Waals surface area (Å²) in [7, 11) is -9.75. The molecule has 4 amide bonds. The van der Waals surface area contributed by atoms with Gasteiger partial charge >= 0.3 is 11.8 Å². The zero-order chi connectivity index (χ0) is 38.9. The van der Waals surface area contributed by atoms with E-state index in [-0.39, 0.29) is 44.6 Å². The second-order valence-corrected chi connectivity index (χ2v) is 14.3. The van der Waals surface area contributed by atoms with Crippen LogP contribution in [0.25, 0.3) is 21.5 Å². The molecule has 0 aliphatic rings. The quantitative estimate of drug-likeness (QED) is 0.0579. The van der Waals surface area contributed by atoms with Crippen molar-refractivity contribution in [1.29, 1.82) is 0 Å². The van der Waals surface area contributed by atoms with E-state index in [2.05, 4.69) is 21.3 Å². The van der Waals surface area contributed by atoms with Crippen molar-refractivity contribution in [2.45, 2.75) is 9.79 Å². The second-order valence-electron chi connectivity index (χ2n) is 11.6. The Labute approximate surface area is 305 Å². The molecule has 16 nitrogen and oxygen atoms in total. The van der Waals surface area contributed by atoms with Crippen molar-refractivity contribution in [1.82, 2.24) is 0 Å². The highest BCUT2D eigenvalue weighted by Gasteiger charge is 2.25. The Balaban J connectivity index is 1.08. The molecule has 0 heterocycles. The largest absolute Gasteiger partial charge is 0.504 e. The van der Waals surface area contributed by atoms with Gasteiger partial charge in [-0.2, -0.15) is 16.8 Å². The number of amides is 4. The fourth-order valence-electron chi connectivity index (χ4n) is 5.49. The van der Waals surface area contributed by atoms with Crippen LogP contribution in [0.4, 0.5) is 22.7 Å². The van der Waals surface area contributed by atoms with E-state index in [9.17, 15) is 55.3 Å². The lowest BCUT2D eigenvalue weighted by Gasteiger charge is -2.13. The van der Waals surface area contributed by atoms with Crippen LogP contribution >= 0.6 is 0 Å². The molecule has 6 aromatic carbocycles. The van der Waals surface area contributed by atoms with E-state index in [1.54, 1.807) is 12.1 Å². The van der Waals surface area contributed by atoms with Gasteiger partial charge in [-0.3, -0.25) is 28.3 Å². The molecule has 54 heavy (non-hydrogen) atoms. The molecule has 0 aliphatic carbocycles. The lowest BCUT2D eigenvalue weighted by Crippen LogP contribution is -2.29. The zero-order valence-corrected chi connectivity index (χ0v) is 28.9. The Kier molecular flexibility index (Phi) is 9.76. The highest BCUT2D eigenvalue weighted by molar-refractivity contribution is 7.86. The molecule has 0 fully saturated rings. The van der Waals surface area contributed by atoms with Gasteiger partial charge in [-0.15, -0.1) is 0 Å². The summed E-state index contributed by atoms with van der Waals surface area (Å²) in [5.41, 5.74) is -0.278. The maximum Gasteiger partial charge on any atom is 0.314 e. The molecule has 0 saturated carbocycles. The number of fused-ring (bicyclic) bond motifs is 2. The van der Waals surface area contributed by atoms with Crippen molar-refractivity contribution in [2.75, 3.05) is 21.3 Å². The van der Waals surface area contributed by atoms with Crippen LogP contribution in [0.1, 0.15) is 20.7 Å².